The van der Waals surface area contributed by atoms with Crippen molar-refractivity contribution in [2.45, 2.75) is 25.2 Å². The highest BCUT2D eigenvalue weighted by atomic mass is 32.2. The van der Waals surface area contributed by atoms with Gasteiger partial charge in [0, 0.05) is 17.6 Å². The molecule has 1 aromatic heterocycles. The van der Waals surface area contributed by atoms with Crippen LogP contribution in [0.4, 0.5) is 0 Å². The zero-order valence-electron chi connectivity index (χ0n) is 10.9. The molecule has 2 aromatic rings. The standard InChI is InChI=1S/C13H16N2O2S2/c1-10-4-3-5-13(8-10)19(16,17)15-7-6-12-9-14-11(2)18-12/h3-5,8-9,15H,6-7H2,1-2H3. The zero-order chi connectivity index (χ0) is 13.9. The van der Waals surface area contributed by atoms with E-state index in [0.29, 0.717) is 17.9 Å². The molecule has 0 amide bonds. The third-order valence-electron chi connectivity index (χ3n) is 2.63. The molecule has 0 fully saturated rings. The average molecular weight is 296 g/mol. The van der Waals surface area contributed by atoms with Crippen LogP contribution in [-0.4, -0.2) is 19.9 Å². The Morgan fingerprint density at radius 1 is 1.32 bits per heavy atom. The number of aromatic nitrogens is 1. The molecule has 1 N–H and O–H groups in total. The van der Waals surface area contributed by atoms with Crippen molar-refractivity contribution in [1.29, 1.82) is 0 Å². The number of rotatable bonds is 5. The van der Waals surface area contributed by atoms with E-state index >= 15 is 0 Å². The smallest absolute Gasteiger partial charge is 0.240 e. The van der Waals surface area contributed by atoms with Crippen LogP contribution in [0, 0.1) is 13.8 Å². The van der Waals surface area contributed by atoms with Crippen molar-refractivity contribution in [3.05, 3.63) is 45.9 Å². The van der Waals surface area contributed by atoms with Gasteiger partial charge in [0.15, 0.2) is 0 Å². The average Bonchev–Trinajstić information content (AvgIpc) is 2.75. The van der Waals surface area contributed by atoms with Crippen molar-refractivity contribution < 1.29 is 8.42 Å². The molecule has 6 heteroatoms. The van der Waals surface area contributed by atoms with E-state index in [1.165, 1.54) is 0 Å². The molecule has 0 atom stereocenters. The number of hydrogen-bond donors (Lipinski definition) is 1. The van der Waals surface area contributed by atoms with Crippen LogP contribution in [0.1, 0.15) is 15.4 Å². The Balaban J connectivity index is 1.98. The maximum atomic E-state index is 12.1. The fourth-order valence-electron chi connectivity index (χ4n) is 1.70. The second kappa shape index (κ2) is 5.81. The van der Waals surface area contributed by atoms with Crippen LogP contribution in [0.3, 0.4) is 0 Å². The molecular formula is C13H16N2O2S2. The van der Waals surface area contributed by atoms with E-state index in [0.717, 1.165) is 15.4 Å². The number of hydrogen-bond acceptors (Lipinski definition) is 4. The summed E-state index contributed by atoms with van der Waals surface area (Å²) in [7, 11) is -3.41. The maximum absolute atomic E-state index is 12.1. The molecule has 0 saturated carbocycles. The Labute approximate surface area is 117 Å². The molecule has 102 valence electrons. The van der Waals surface area contributed by atoms with Gasteiger partial charge in [-0.3, -0.25) is 0 Å². The van der Waals surface area contributed by atoms with Gasteiger partial charge in [-0.2, -0.15) is 0 Å². The van der Waals surface area contributed by atoms with Gasteiger partial charge >= 0.3 is 0 Å². The molecule has 0 aliphatic rings. The summed E-state index contributed by atoms with van der Waals surface area (Å²) >= 11 is 1.59. The zero-order valence-corrected chi connectivity index (χ0v) is 12.5. The molecule has 2 rings (SSSR count). The maximum Gasteiger partial charge on any atom is 0.240 e. The summed E-state index contributed by atoms with van der Waals surface area (Å²) in [6.45, 7) is 4.20. The molecule has 1 heterocycles. The predicted octanol–water partition coefficient (Wildman–Crippen LogP) is 2.28. The topological polar surface area (TPSA) is 59.1 Å². The Bertz CT molecular complexity index is 663. The van der Waals surface area contributed by atoms with Gasteiger partial charge in [0.05, 0.1) is 9.90 Å². The van der Waals surface area contributed by atoms with Crippen molar-refractivity contribution in [3.63, 3.8) is 0 Å². The van der Waals surface area contributed by atoms with Gasteiger partial charge in [-0.1, -0.05) is 12.1 Å². The third-order valence-corrected chi connectivity index (χ3v) is 5.06. The number of nitrogens with one attached hydrogen (secondary N) is 1. The molecule has 1 aromatic carbocycles. The highest BCUT2D eigenvalue weighted by Crippen LogP contribution is 2.13. The van der Waals surface area contributed by atoms with Gasteiger partial charge in [-0.15, -0.1) is 11.3 Å². The highest BCUT2D eigenvalue weighted by Gasteiger charge is 2.13. The van der Waals surface area contributed by atoms with Crippen molar-refractivity contribution >= 4 is 21.4 Å². The summed E-state index contributed by atoms with van der Waals surface area (Å²) in [6, 6.07) is 6.89. The van der Waals surface area contributed by atoms with Crippen LogP contribution >= 0.6 is 11.3 Å². The van der Waals surface area contributed by atoms with Crippen molar-refractivity contribution in [3.8, 4) is 0 Å². The summed E-state index contributed by atoms with van der Waals surface area (Å²) in [5.74, 6) is 0. The third kappa shape index (κ3) is 3.86. The minimum atomic E-state index is -3.41. The summed E-state index contributed by atoms with van der Waals surface area (Å²) in [4.78, 5) is 5.54. The molecule has 19 heavy (non-hydrogen) atoms. The molecule has 0 unspecified atom stereocenters. The Hall–Kier alpha value is -1.24. The monoisotopic (exact) mass is 296 g/mol. The summed E-state index contributed by atoms with van der Waals surface area (Å²) in [5, 5.41) is 0.997. The molecule has 0 aliphatic heterocycles. The lowest BCUT2D eigenvalue weighted by Crippen LogP contribution is -2.25. The van der Waals surface area contributed by atoms with Gasteiger partial charge in [-0.05, 0) is 38.0 Å². The Morgan fingerprint density at radius 3 is 2.74 bits per heavy atom. The van der Waals surface area contributed by atoms with Gasteiger partial charge < -0.3 is 0 Å². The van der Waals surface area contributed by atoms with Crippen LogP contribution < -0.4 is 4.72 Å². The fraction of sp³-hybridized carbons (Fsp3) is 0.308. The molecule has 0 spiro atoms. The molecule has 0 aliphatic carbocycles. The van der Waals surface area contributed by atoms with E-state index in [1.807, 2.05) is 19.9 Å². The molecule has 0 saturated heterocycles. The van der Waals surface area contributed by atoms with Gasteiger partial charge in [-0.25, -0.2) is 18.1 Å². The first-order valence-corrected chi connectivity index (χ1v) is 8.25. The van der Waals surface area contributed by atoms with Crippen LogP contribution in [0.25, 0.3) is 0 Å². The first-order chi connectivity index (χ1) is 8.97. The highest BCUT2D eigenvalue weighted by molar-refractivity contribution is 7.89. The summed E-state index contributed by atoms with van der Waals surface area (Å²) in [6.07, 6.45) is 2.46. The van der Waals surface area contributed by atoms with E-state index in [1.54, 1.807) is 35.7 Å². The van der Waals surface area contributed by atoms with Crippen molar-refractivity contribution in [1.82, 2.24) is 9.71 Å². The van der Waals surface area contributed by atoms with Crippen LogP contribution in [0.2, 0.25) is 0 Å². The summed E-state index contributed by atoms with van der Waals surface area (Å²) in [5.41, 5.74) is 0.931. The van der Waals surface area contributed by atoms with E-state index in [9.17, 15) is 8.42 Å². The minimum absolute atomic E-state index is 0.313. The molecular weight excluding hydrogens is 280 g/mol. The van der Waals surface area contributed by atoms with Crippen molar-refractivity contribution in [2.24, 2.45) is 0 Å². The number of thiazole rings is 1. The molecule has 0 radical (unpaired) electrons. The SMILES string of the molecule is Cc1cccc(S(=O)(=O)NCCc2cnc(C)s2)c1. The van der Waals surface area contributed by atoms with Gasteiger partial charge in [0.1, 0.15) is 0 Å². The second-order valence-electron chi connectivity index (χ2n) is 4.31. The van der Waals surface area contributed by atoms with Crippen molar-refractivity contribution in [2.75, 3.05) is 6.54 Å². The van der Waals surface area contributed by atoms with Gasteiger partial charge in [0.25, 0.3) is 0 Å². The first-order valence-electron chi connectivity index (χ1n) is 5.95. The number of benzene rings is 1. The molecule has 4 nitrogen and oxygen atoms in total. The minimum Gasteiger partial charge on any atom is -0.250 e. The van der Waals surface area contributed by atoms with Gasteiger partial charge in [0.2, 0.25) is 10.0 Å². The lowest BCUT2D eigenvalue weighted by atomic mass is 10.2. The Morgan fingerprint density at radius 2 is 2.11 bits per heavy atom. The summed E-state index contributed by atoms with van der Waals surface area (Å²) < 4.78 is 26.7. The van der Waals surface area contributed by atoms with Crippen LogP contribution in [0.5, 0.6) is 0 Å². The fourth-order valence-corrected chi connectivity index (χ4v) is 3.63. The van der Waals surface area contributed by atoms with E-state index < -0.39 is 10.0 Å². The van der Waals surface area contributed by atoms with Crippen LogP contribution in [0.15, 0.2) is 35.4 Å². The normalized spacial score (nSPS) is 11.7. The second-order valence-corrected chi connectivity index (χ2v) is 7.40. The lowest BCUT2D eigenvalue weighted by molar-refractivity contribution is 0.581. The molecule has 0 bridgehead atoms. The Kier molecular flexibility index (Phi) is 4.34. The van der Waals surface area contributed by atoms with E-state index in [-0.39, 0.29) is 0 Å². The number of sulfonamides is 1. The lowest BCUT2D eigenvalue weighted by Gasteiger charge is -2.06. The number of nitrogens with zero attached hydrogens (tertiary/aromatic N) is 1. The quantitative estimate of drug-likeness (QED) is 0.921. The van der Waals surface area contributed by atoms with Crippen LogP contribution in [-0.2, 0) is 16.4 Å². The van der Waals surface area contributed by atoms with E-state index in [2.05, 4.69) is 9.71 Å². The van der Waals surface area contributed by atoms with E-state index in [4.69, 9.17) is 0 Å². The first kappa shape index (κ1) is 14.2. The number of aryl methyl sites for hydroxylation is 2. The predicted molar refractivity (Wildman–Crippen MR) is 76.9 cm³/mol. The largest absolute Gasteiger partial charge is 0.250 e.